The molecule has 94 valence electrons. The Labute approximate surface area is 107 Å². The van der Waals surface area contributed by atoms with Crippen LogP contribution >= 0.6 is 11.3 Å². The SMILES string of the molecule is Cc1ccc(C(=O)C2(CN)CCC(C)CC2)s1. The number of rotatable bonds is 3. The van der Waals surface area contributed by atoms with Crippen LogP contribution in [0.25, 0.3) is 0 Å². The van der Waals surface area contributed by atoms with Crippen LogP contribution in [0.2, 0.25) is 0 Å². The summed E-state index contributed by atoms with van der Waals surface area (Å²) in [7, 11) is 0. The fourth-order valence-corrected chi connectivity index (χ4v) is 3.58. The summed E-state index contributed by atoms with van der Waals surface area (Å²) in [6.45, 7) is 4.80. The van der Waals surface area contributed by atoms with Crippen LogP contribution in [0.3, 0.4) is 0 Å². The molecule has 0 radical (unpaired) electrons. The van der Waals surface area contributed by atoms with Gasteiger partial charge in [-0.15, -0.1) is 11.3 Å². The molecule has 1 heterocycles. The Balaban J connectivity index is 2.21. The van der Waals surface area contributed by atoms with E-state index in [1.807, 2.05) is 19.1 Å². The maximum atomic E-state index is 12.6. The first kappa shape index (κ1) is 12.8. The van der Waals surface area contributed by atoms with Gasteiger partial charge < -0.3 is 5.73 Å². The first-order chi connectivity index (χ1) is 8.07. The number of carbonyl (C=O) groups excluding carboxylic acids is 1. The minimum Gasteiger partial charge on any atom is -0.329 e. The third kappa shape index (κ3) is 2.45. The summed E-state index contributed by atoms with van der Waals surface area (Å²) in [5, 5.41) is 0. The molecular formula is C14H21NOS. The largest absolute Gasteiger partial charge is 0.329 e. The molecule has 1 aliphatic rings. The highest BCUT2D eigenvalue weighted by Crippen LogP contribution is 2.41. The van der Waals surface area contributed by atoms with Gasteiger partial charge in [0.25, 0.3) is 0 Å². The van der Waals surface area contributed by atoms with Crippen molar-refractivity contribution in [1.82, 2.24) is 0 Å². The number of ketones is 1. The Morgan fingerprint density at radius 2 is 2.12 bits per heavy atom. The average Bonchev–Trinajstić information content (AvgIpc) is 2.76. The highest BCUT2D eigenvalue weighted by molar-refractivity contribution is 7.14. The Morgan fingerprint density at radius 3 is 2.59 bits per heavy atom. The first-order valence-corrected chi connectivity index (χ1v) is 7.20. The number of thiophene rings is 1. The highest BCUT2D eigenvalue weighted by atomic mass is 32.1. The Hall–Kier alpha value is -0.670. The highest BCUT2D eigenvalue weighted by Gasteiger charge is 2.40. The van der Waals surface area contributed by atoms with E-state index < -0.39 is 0 Å². The van der Waals surface area contributed by atoms with Gasteiger partial charge in [-0.2, -0.15) is 0 Å². The van der Waals surface area contributed by atoms with E-state index in [2.05, 4.69) is 6.92 Å². The Morgan fingerprint density at radius 1 is 1.47 bits per heavy atom. The third-order valence-corrected chi connectivity index (χ3v) is 5.07. The molecule has 1 aliphatic carbocycles. The summed E-state index contributed by atoms with van der Waals surface area (Å²) in [6, 6.07) is 3.98. The van der Waals surface area contributed by atoms with Crippen LogP contribution in [-0.4, -0.2) is 12.3 Å². The van der Waals surface area contributed by atoms with Crippen molar-refractivity contribution in [3.05, 3.63) is 21.9 Å². The number of hydrogen-bond acceptors (Lipinski definition) is 3. The predicted octanol–water partition coefficient (Wildman–Crippen LogP) is 3.39. The standard InChI is InChI=1S/C14H21NOS/c1-10-5-7-14(9-15,8-6-10)13(16)12-4-3-11(2)17-12/h3-4,10H,5-9,15H2,1-2H3. The van der Waals surface area contributed by atoms with Crippen molar-refractivity contribution < 1.29 is 4.79 Å². The fourth-order valence-electron chi connectivity index (χ4n) is 2.66. The molecule has 1 saturated carbocycles. The number of nitrogens with two attached hydrogens (primary N) is 1. The molecule has 1 fully saturated rings. The molecule has 3 heteroatoms. The van der Waals surface area contributed by atoms with E-state index in [0.717, 1.165) is 36.5 Å². The summed E-state index contributed by atoms with van der Waals surface area (Å²) >= 11 is 1.60. The van der Waals surface area contributed by atoms with Gasteiger partial charge in [-0.25, -0.2) is 0 Å². The molecule has 0 spiro atoms. The molecule has 0 unspecified atom stereocenters. The zero-order chi connectivity index (χ0) is 12.5. The van der Waals surface area contributed by atoms with Crippen LogP contribution in [0.5, 0.6) is 0 Å². The second kappa shape index (κ2) is 4.91. The van der Waals surface area contributed by atoms with E-state index in [-0.39, 0.29) is 11.2 Å². The van der Waals surface area contributed by atoms with Crippen molar-refractivity contribution in [3.63, 3.8) is 0 Å². The van der Waals surface area contributed by atoms with Crippen molar-refractivity contribution in [2.75, 3.05) is 6.54 Å². The van der Waals surface area contributed by atoms with Gasteiger partial charge >= 0.3 is 0 Å². The monoisotopic (exact) mass is 251 g/mol. The van der Waals surface area contributed by atoms with Crippen LogP contribution in [0.4, 0.5) is 0 Å². The zero-order valence-electron chi connectivity index (χ0n) is 10.7. The number of Topliss-reactive ketones (excluding diaryl/α,β-unsaturated/α-hetero) is 1. The van der Waals surface area contributed by atoms with E-state index in [4.69, 9.17) is 5.73 Å². The smallest absolute Gasteiger partial charge is 0.180 e. The molecule has 0 amide bonds. The molecule has 1 aromatic heterocycles. The quantitative estimate of drug-likeness (QED) is 0.837. The Kier molecular flexibility index (Phi) is 3.69. The summed E-state index contributed by atoms with van der Waals surface area (Å²) in [5.41, 5.74) is 5.64. The van der Waals surface area contributed by atoms with E-state index in [9.17, 15) is 4.79 Å². The van der Waals surface area contributed by atoms with Crippen LogP contribution in [-0.2, 0) is 0 Å². The van der Waals surface area contributed by atoms with Crippen LogP contribution in [0.15, 0.2) is 12.1 Å². The van der Waals surface area contributed by atoms with Gasteiger partial charge in [0.2, 0.25) is 0 Å². The number of aryl methyl sites for hydroxylation is 1. The summed E-state index contributed by atoms with van der Waals surface area (Å²) in [4.78, 5) is 14.7. The van der Waals surface area contributed by atoms with E-state index >= 15 is 0 Å². The van der Waals surface area contributed by atoms with E-state index in [1.165, 1.54) is 4.88 Å². The van der Waals surface area contributed by atoms with Crippen molar-refractivity contribution >= 4 is 17.1 Å². The van der Waals surface area contributed by atoms with Gasteiger partial charge in [0, 0.05) is 16.8 Å². The minimum absolute atomic E-state index is 0.274. The lowest BCUT2D eigenvalue weighted by Gasteiger charge is -2.36. The Bertz CT molecular complexity index is 402. The topological polar surface area (TPSA) is 43.1 Å². The molecule has 0 saturated heterocycles. The van der Waals surface area contributed by atoms with E-state index in [0.29, 0.717) is 6.54 Å². The lowest BCUT2D eigenvalue weighted by atomic mass is 9.68. The average molecular weight is 251 g/mol. The molecule has 0 bridgehead atoms. The van der Waals surface area contributed by atoms with Gasteiger partial charge in [0.15, 0.2) is 5.78 Å². The molecule has 0 aromatic carbocycles. The van der Waals surface area contributed by atoms with E-state index in [1.54, 1.807) is 11.3 Å². The number of hydrogen-bond donors (Lipinski definition) is 1. The molecule has 2 rings (SSSR count). The predicted molar refractivity (Wildman–Crippen MR) is 72.5 cm³/mol. The first-order valence-electron chi connectivity index (χ1n) is 6.39. The van der Waals surface area contributed by atoms with Crippen molar-refractivity contribution in [2.45, 2.75) is 39.5 Å². The summed E-state index contributed by atoms with van der Waals surface area (Å²) in [6.07, 6.45) is 4.18. The van der Waals surface area contributed by atoms with Crippen LogP contribution in [0, 0.1) is 18.3 Å². The van der Waals surface area contributed by atoms with Gasteiger partial charge in [0.05, 0.1) is 4.88 Å². The van der Waals surface area contributed by atoms with Crippen LogP contribution in [0.1, 0.15) is 47.2 Å². The van der Waals surface area contributed by atoms with Crippen molar-refractivity contribution in [1.29, 1.82) is 0 Å². The molecular weight excluding hydrogens is 230 g/mol. The van der Waals surface area contributed by atoms with Gasteiger partial charge in [-0.05, 0) is 50.7 Å². The minimum atomic E-state index is -0.274. The molecule has 2 N–H and O–H groups in total. The second-order valence-corrected chi connectivity index (χ2v) is 6.69. The summed E-state index contributed by atoms with van der Waals surface area (Å²) in [5.74, 6) is 1.03. The molecule has 1 aromatic rings. The maximum Gasteiger partial charge on any atom is 0.180 e. The fraction of sp³-hybridized carbons (Fsp3) is 0.643. The zero-order valence-corrected chi connectivity index (χ0v) is 11.5. The van der Waals surface area contributed by atoms with Crippen molar-refractivity contribution in [2.24, 2.45) is 17.1 Å². The normalized spacial score (nSPS) is 29.2. The summed E-state index contributed by atoms with van der Waals surface area (Å²) < 4.78 is 0. The van der Waals surface area contributed by atoms with Crippen LogP contribution < -0.4 is 5.73 Å². The van der Waals surface area contributed by atoms with Gasteiger partial charge in [-0.3, -0.25) is 4.79 Å². The third-order valence-electron chi connectivity index (χ3n) is 4.07. The molecule has 0 atom stereocenters. The lowest BCUT2D eigenvalue weighted by molar-refractivity contribution is 0.0700. The second-order valence-electron chi connectivity index (χ2n) is 5.41. The molecule has 0 aliphatic heterocycles. The molecule has 17 heavy (non-hydrogen) atoms. The van der Waals surface area contributed by atoms with Gasteiger partial charge in [-0.1, -0.05) is 6.92 Å². The maximum absolute atomic E-state index is 12.6. The number of carbonyl (C=O) groups is 1. The van der Waals surface area contributed by atoms with Crippen molar-refractivity contribution in [3.8, 4) is 0 Å². The lowest BCUT2D eigenvalue weighted by Crippen LogP contribution is -2.41. The molecule has 2 nitrogen and oxygen atoms in total. The van der Waals surface area contributed by atoms with Gasteiger partial charge in [0.1, 0.15) is 0 Å².